The fourth-order valence-corrected chi connectivity index (χ4v) is 3.81. The molecule has 0 bridgehead atoms. The lowest BCUT2D eigenvalue weighted by atomic mass is 10.1. The summed E-state index contributed by atoms with van der Waals surface area (Å²) in [5.41, 5.74) is 0.419. The lowest BCUT2D eigenvalue weighted by molar-refractivity contribution is 0.101. The van der Waals surface area contributed by atoms with Gasteiger partial charge in [-0.05, 0) is 44.2 Å². The van der Waals surface area contributed by atoms with Crippen LogP contribution in [-0.2, 0) is 10.0 Å². The van der Waals surface area contributed by atoms with Gasteiger partial charge in [0.25, 0.3) is 0 Å². The second kappa shape index (κ2) is 5.43. The van der Waals surface area contributed by atoms with Crippen LogP contribution in [0.25, 0.3) is 0 Å². The molecule has 0 radical (unpaired) electrons. The first kappa shape index (κ1) is 14.2. The van der Waals surface area contributed by atoms with Crippen LogP contribution in [0.5, 0.6) is 0 Å². The molecule has 1 aromatic carbocycles. The zero-order valence-electron chi connectivity index (χ0n) is 11.2. The van der Waals surface area contributed by atoms with Crippen molar-refractivity contribution >= 4 is 15.8 Å². The molecule has 1 saturated carbocycles. The van der Waals surface area contributed by atoms with E-state index in [9.17, 15) is 13.2 Å². The van der Waals surface area contributed by atoms with Crippen molar-refractivity contribution in [3.05, 3.63) is 29.8 Å². The van der Waals surface area contributed by atoms with E-state index < -0.39 is 10.0 Å². The summed E-state index contributed by atoms with van der Waals surface area (Å²) in [6, 6.07) is 6.19. The molecule has 1 aliphatic rings. The van der Waals surface area contributed by atoms with Crippen molar-refractivity contribution in [1.82, 2.24) is 4.72 Å². The van der Waals surface area contributed by atoms with Gasteiger partial charge in [0, 0.05) is 11.6 Å². The Kier molecular flexibility index (Phi) is 4.06. The maximum atomic E-state index is 12.2. The predicted octanol–water partition coefficient (Wildman–Crippen LogP) is 2.36. The van der Waals surface area contributed by atoms with Gasteiger partial charge in [-0.25, -0.2) is 13.1 Å². The molecule has 2 rings (SSSR count). The molecule has 1 aromatic rings. The zero-order chi connectivity index (χ0) is 14.0. The SMILES string of the molecule is CC(=O)c1cccc(S(=O)(=O)NC2CCC(C)C2)c1. The second-order valence-corrected chi connectivity index (χ2v) is 7.03. The Bertz CT molecular complexity index is 580. The third kappa shape index (κ3) is 3.42. The molecule has 0 amide bonds. The zero-order valence-corrected chi connectivity index (χ0v) is 12.0. The topological polar surface area (TPSA) is 63.2 Å². The molecule has 0 aliphatic heterocycles. The number of carbonyl (C=O) groups excluding carboxylic acids is 1. The van der Waals surface area contributed by atoms with E-state index in [-0.39, 0.29) is 16.7 Å². The van der Waals surface area contributed by atoms with Crippen LogP contribution in [0, 0.1) is 5.92 Å². The van der Waals surface area contributed by atoms with Crippen LogP contribution < -0.4 is 4.72 Å². The fourth-order valence-electron chi connectivity index (χ4n) is 2.48. The third-order valence-corrected chi connectivity index (χ3v) is 5.09. The molecule has 2 atom stereocenters. The molecule has 4 nitrogen and oxygen atoms in total. The summed E-state index contributed by atoms with van der Waals surface area (Å²) in [5, 5.41) is 0. The molecule has 2 unspecified atom stereocenters. The van der Waals surface area contributed by atoms with Crippen LogP contribution in [0.4, 0.5) is 0 Å². The Morgan fingerprint density at radius 3 is 2.63 bits per heavy atom. The fraction of sp³-hybridized carbons (Fsp3) is 0.500. The molecule has 1 aliphatic carbocycles. The first-order valence-corrected chi connectivity index (χ1v) is 8.00. The van der Waals surface area contributed by atoms with Gasteiger partial charge in [-0.1, -0.05) is 19.1 Å². The van der Waals surface area contributed by atoms with E-state index in [2.05, 4.69) is 11.6 Å². The van der Waals surface area contributed by atoms with Crippen molar-refractivity contribution < 1.29 is 13.2 Å². The highest BCUT2D eigenvalue weighted by molar-refractivity contribution is 7.89. The minimum atomic E-state index is -3.53. The second-order valence-electron chi connectivity index (χ2n) is 5.32. The summed E-state index contributed by atoms with van der Waals surface area (Å²) in [5.74, 6) is 0.433. The molecule has 0 aromatic heterocycles. The van der Waals surface area contributed by atoms with Crippen LogP contribution in [-0.4, -0.2) is 20.2 Å². The van der Waals surface area contributed by atoms with Gasteiger partial charge >= 0.3 is 0 Å². The summed E-state index contributed by atoms with van der Waals surface area (Å²) < 4.78 is 27.2. The van der Waals surface area contributed by atoms with Crippen LogP contribution in [0.1, 0.15) is 43.5 Å². The third-order valence-electron chi connectivity index (χ3n) is 3.57. The number of carbonyl (C=O) groups is 1. The molecule has 19 heavy (non-hydrogen) atoms. The van der Waals surface area contributed by atoms with Gasteiger partial charge < -0.3 is 0 Å². The first-order valence-electron chi connectivity index (χ1n) is 6.52. The van der Waals surface area contributed by atoms with E-state index >= 15 is 0 Å². The van der Waals surface area contributed by atoms with E-state index in [1.807, 2.05) is 0 Å². The van der Waals surface area contributed by atoms with E-state index in [0.29, 0.717) is 11.5 Å². The normalized spacial score (nSPS) is 23.5. The summed E-state index contributed by atoms with van der Waals surface area (Å²) in [4.78, 5) is 11.5. The molecule has 5 heteroatoms. The Labute approximate surface area is 114 Å². The molecule has 1 fully saturated rings. The van der Waals surface area contributed by atoms with Crippen LogP contribution in [0.3, 0.4) is 0 Å². The van der Waals surface area contributed by atoms with E-state index in [4.69, 9.17) is 0 Å². The maximum Gasteiger partial charge on any atom is 0.240 e. The minimum absolute atomic E-state index is 0.0148. The number of hydrogen-bond donors (Lipinski definition) is 1. The maximum absolute atomic E-state index is 12.2. The van der Waals surface area contributed by atoms with Crippen LogP contribution >= 0.6 is 0 Å². The Balaban J connectivity index is 2.19. The van der Waals surface area contributed by atoms with Gasteiger partial charge in [-0.3, -0.25) is 4.79 Å². The van der Waals surface area contributed by atoms with Gasteiger partial charge in [0.15, 0.2) is 5.78 Å². The van der Waals surface area contributed by atoms with Crippen molar-refractivity contribution in [2.24, 2.45) is 5.92 Å². The standard InChI is InChI=1S/C14H19NO3S/c1-10-6-7-13(8-10)15-19(17,18)14-5-3-4-12(9-14)11(2)16/h3-5,9-10,13,15H,6-8H2,1-2H3. The minimum Gasteiger partial charge on any atom is -0.295 e. The summed E-state index contributed by atoms with van der Waals surface area (Å²) in [6.07, 6.45) is 2.82. The summed E-state index contributed by atoms with van der Waals surface area (Å²) in [6.45, 7) is 3.56. The van der Waals surface area contributed by atoms with Gasteiger partial charge in [-0.15, -0.1) is 0 Å². The number of rotatable bonds is 4. The number of ketones is 1. The van der Waals surface area contributed by atoms with Crippen LogP contribution in [0.15, 0.2) is 29.2 Å². The van der Waals surface area contributed by atoms with Crippen molar-refractivity contribution in [3.8, 4) is 0 Å². The van der Waals surface area contributed by atoms with E-state index in [1.165, 1.54) is 19.1 Å². The smallest absolute Gasteiger partial charge is 0.240 e. The number of benzene rings is 1. The average molecular weight is 281 g/mol. The first-order chi connectivity index (χ1) is 8.88. The summed E-state index contributed by atoms with van der Waals surface area (Å²) in [7, 11) is -3.53. The highest BCUT2D eigenvalue weighted by Crippen LogP contribution is 2.26. The largest absolute Gasteiger partial charge is 0.295 e. The van der Waals surface area contributed by atoms with Gasteiger partial charge in [-0.2, -0.15) is 0 Å². The number of sulfonamides is 1. The molecule has 104 valence electrons. The van der Waals surface area contributed by atoms with Crippen LogP contribution in [0.2, 0.25) is 0 Å². The van der Waals surface area contributed by atoms with Crippen molar-refractivity contribution in [2.45, 2.75) is 44.0 Å². The van der Waals surface area contributed by atoms with E-state index in [0.717, 1.165) is 19.3 Å². The van der Waals surface area contributed by atoms with Gasteiger partial charge in [0.05, 0.1) is 4.90 Å². The molecule has 1 N–H and O–H groups in total. The lowest BCUT2D eigenvalue weighted by Gasteiger charge is -2.13. The predicted molar refractivity (Wildman–Crippen MR) is 73.6 cm³/mol. The number of hydrogen-bond acceptors (Lipinski definition) is 3. The van der Waals surface area contributed by atoms with Crippen molar-refractivity contribution in [2.75, 3.05) is 0 Å². The molecular weight excluding hydrogens is 262 g/mol. The van der Waals surface area contributed by atoms with Gasteiger partial charge in [0.2, 0.25) is 10.0 Å². The highest BCUT2D eigenvalue weighted by Gasteiger charge is 2.26. The Hall–Kier alpha value is -1.20. The lowest BCUT2D eigenvalue weighted by Crippen LogP contribution is -2.33. The Morgan fingerprint density at radius 2 is 2.05 bits per heavy atom. The van der Waals surface area contributed by atoms with Crippen molar-refractivity contribution in [1.29, 1.82) is 0 Å². The number of Topliss-reactive ketones (excluding diaryl/α,β-unsaturated/α-hetero) is 1. The average Bonchev–Trinajstić information content (AvgIpc) is 2.74. The molecule has 0 saturated heterocycles. The van der Waals surface area contributed by atoms with Crippen molar-refractivity contribution in [3.63, 3.8) is 0 Å². The highest BCUT2D eigenvalue weighted by atomic mass is 32.2. The quantitative estimate of drug-likeness (QED) is 0.862. The number of nitrogens with one attached hydrogen (secondary N) is 1. The summed E-state index contributed by atoms with van der Waals surface area (Å²) >= 11 is 0. The molecule has 0 heterocycles. The molecular formula is C14H19NO3S. The van der Waals surface area contributed by atoms with E-state index in [1.54, 1.807) is 12.1 Å². The molecule has 0 spiro atoms. The van der Waals surface area contributed by atoms with Gasteiger partial charge in [0.1, 0.15) is 0 Å². The Morgan fingerprint density at radius 1 is 1.32 bits per heavy atom. The monoisotopic (exact) mass is 281 g/mol.